The SMILES string of the molecule is O=Cc1nc2n(n1)CCC2c1ccccc1. The lowest BCUT2D eigenvalue weighted by molar-refractivity contribution is 0.111. The van der Waals surface area contributed by atoms with E-state index in [1.54, 1.807) is 0 Å². The van der Waals surface area contributed by atoms with E-state index in [0.29, 0.717) is 6.29 Å². The predicted molar refractivity (Wildman–Crippen MR) is 58.3 cm³/mol. The molecule has 0 fully saturated rings. The highest BCUT2D eigenvalue weighted by Gasteiger charge is 2.27. The minimum atomic E-state index is 0.280. The molecule has 1 unspecified atom stereocenters. The van der Waals surface area contributed by atoms with Gasteiger partial charge >= 0.3 is 0 Å². The molecule has 1 aromatic heterocycles. The minimum absolute atomic E-state index is 0.280. The fraction of sp³-hybridized carbons (Fsp3) is 0.250. The van der Waals surface area contributed by atoms with Crippen molar-refractivity contribution in [1.29, 1.82) is 0 Å². The maximum absolute atomic E-state index is 10.6. The van der Waals surface area contributed by atoms with Crippen molar-refractivity contribution in [3.05, 3.63) is 47.5 Å². The molecule has 0 N–H and O–H groups in total. The Morgan fingerprint density at radius 2 is 2.12 bits per heavy atom. The van der Waals surface area contributed by atoms with Crippen LogP contribution in [0.1, 0.15) is 34.3 Å². The average molecular weight is 213 g/mol. The van der Waals surface area contributed by atoms with Gasteiger partial charge in [0.25, 0.3) is 0 Å². The predicted octanol–water partition coefficient (Wildman–Crippen LogP) is 1.63. The van der Waals surface area contributed by atoms with Crippen LogP contribution in [0.5, 0.6) is 0 Å². The summed E-state index contributed by atoms with van der Waals surface area (Å²) in [5.74, 6) is 1.48. The second-order valence-corrected chi connectivity index (χ2v) is 3.92. The summed E-state index contributed by atoms with van der Waals surface area (Å²) in [7, 11) is 0. The molecule has 2 aromatic rings. The van der Waals surface area contributed by atoms with Gasteiger partial charge in [-0.3, -0.25) is 4.79 Å². The van der Waals surface area contributed by atoms with Gasteiger partial charge in [0.05, 0.1) is 0 Å². The van der Waals surface area contributed by atoms with Gasteiger partial charge in [0.1, 0.15) is 5.82 Å². The molecule has 0 spiro atoms. The van der Waals surface area contributed by atoms with Crippen molar-refractivity contribution in [2.24, 2.45) is 0 Å². The standard InChI is InChI=1S/C12H11N3O/c16-8-11-13-12-10(6-7-15(12)14-11)9-4-2-1-3-5-9/h1-5,8,10H,6-7H2. The number of nitrogens with zero attached hydrogens (tertiary/aromatic N) is 3. The molecule has 1 aliphatic heterocycles. The van der Waals surface area contributed by atoms with Crippen molar-refractivity contribution in [3.8, 4) is 0 Å². The maximum atomic E-state index is 10.6. The number of aromatic nitrogens is 3. The third kappa shape index (κ3) is 1.34. The molecule has 80 valence electrons. The van der Waals surface area contributed by atoms with Crippen LogP contribution in [-0.4, -0.2) is 21.1 Å². The Labute approximate surface area is 92.9 Å². The third-order valence-electron chi connectivity index (χ3n) is 2.97. The quantitative estimate of drug-likeness (QED) is 0.712. The first-order valence-electron chi connectivity index (χ1n) is 5.33. The smallest absolute Gasteiger partial charge is 0.214 e. The summed E-state index contributed by atoms with van der Waals surface area (Å²) in [6.45, 7) is 0.843. The number of aldehydes is 1. The highest BCUT2D eigenvalue weighted by molar-refractivity contribution is 5.68. The van der Waals surface area contributed by atoms with E-state index in [-0.39, 0.29) is 11.7 Å². The largest absolute Gasteiger partial charge is 0.294 e. The number of benzene rings is 1. The van der Waals surface area contributed by atoms with Gasteiger partial charge in [0, 0.05) is 12.5 Å². The Morgan fingerprint density at radius 3 is 2.88 bits per heavy atom. The first-order valence-corrected chi connectivity index (χ1v) is 5.33. The minimum Gasteiger partial charge on any atom is -0.294 e. The number of carbonyl (C=O) groups excluding carboxylic acids is 1. The molecule has 0 saturated carbocycles. The van der Waals surface area contributed by atoms with E-state index in [4.69, 9.17) is 0 Å². The number of carbonyl (C=O) groups is 1. The Balaban J connectivity index is 2.02. The summed E-state index contributed by atoms with van der Waals surface area (Å²) in [5, 5.41) is 4.12. The van der Waals surface area contributed by atoms with Crippen LogP contribution in [0.4, 0.5) is 0 Å². The van der Waals surface area contributed by atoms with Crippen LogP contribution in [0.2, 0.25) is 0 Å². The lowest BCUT2D eigenvalue weighted by Crippen LogP contribution is -1.98. The van der Waals surface area contributed by atoms with Crippen molar-refractivity contribution in [2.45, 2.75) is 18.9 Å². The first kappa shape index (κ1) is 9.27. The average Bonchev–Trinajstić information content (AvgIpc) is 2.88. The van der Waals surface area contributed by atoms with Gasteiger partial charge in [0.15, 0.2) is 6.29 Å². The fourth-order valence-corrected chi connectivity index (χ4v) is 2.23. The van der Waals surface area contributed by atoms with Gasteiger partial charge in [0.2, 0.25) is 5.82 Å². The Morgan fingerprint density at radius 1 is 1.31 bits per heavy atom. The molecule has 4 nitrogen and oxygen atoms in total. The Hall–Kier alpha value is -1.97. The van der Waals surface area contributed by atoms with E-state index in [2.05, 4.69) is 22.2 Å². The molecule has 16 heavy (non-hydrogen) atoms. The van der Waals surface area contributed by atoms with Gasteiger partial charge in [-0.2, -0.15) is 0 Å². The van der Waals surface area contributed by atoms with Crippen molar-refractivity contribution in [3.63, 3.8) is 0 Å². The zero-order valence-corrected chi connectivity index (χ0v) is 8.71. The number of aryl methyl sites for hydroxylation is 1. The molecule has 1 aromatic carbocycles. The van der Waals surface area contributed by atoms with E-state index in [9.17, 15) is 4.79 Å². The van der Waals surface area contributed by atoms with Crippen molar-refractivity contribution < 1.29 is 4.79 Å². The topological polar surface area (TPSA) is 47.8 Å². The lowest BCUT2D eigenvalue weighted by atomic mass is 9.97. The van der Waals surface area contributed by atoms with Crippen molar-refractivity contribution >= 4 is 6.29 Å². The van der Waals surface area contributed by atoms with Crippen LogP contribution in [0.25, 0.3) is 0 Å². The maximum Gasteiger partial charge on any atom is 0.214 e. The summed E-state index contributed by atoms with van der Waals surface area (Å²) in [6, 6.07) is 10.2. The summed E-state index contributed by atoms with van der Waals surface area (Å²) >= 11 is 0. The van der Waals surface area contributed by atoms with E-state index < -0.39 is 0 Å². The van der Waals surface area contributed by atoms with Crippen LogP contribution >= 0.6 is 0 Å². The normalized spacial score (nSPS) is 18.4. The van der Waals surface area contributed by atoms with Gasteiger partial charge in [-0.05, 0) is 12.0 Å². The molecule has 0 saturated heterocycles. The number of hydrogen-bond acceptors (Lipinski definition) is 3. The molecule has 4 heteroatoms. The Bertz CT molecular complexity index is 518. The van der Waals surface area contributed by atoms with Crippen LogP contribution in [0.15, 0.2) is 30.3 Å². The fourth-order valence-electron chi connectivity index (χ4n) is 2.23. The Kier molecular flexibility index (Phi) is 2.06. The molecule has 0 radical (unpaired) electrons. The van der Waals surface area contributed by atoms with Crippen molar-refractivity contribution in [1.82, 2.24) is 14.8 Å². The highest BCUT2D eigenvalue weighted by Crippen LogP contribution is 2.32. The number of fused-ring (bicyclic) bond motifs is 1. The molecular formula is C12H11N3O. The molecule has 0 bridgehead atoms. The molecule has 1 atom stereocenters. The highest BCUT2D eigenvalue weighted by atomic mass is 16.1. The van der Waals surface area contributed by atoms with Gasteiger partial charge < -0.3 is 0 Å². The molecule has 0 amide bonds. The first-order chi connectivity index (χ1) is 7.88. The molecule has 2 heterocycles. The zero-order valence-electron chi connectivity index (χ0n) is 8.71. The molecular weight excluding hydrogens is 202 g/mol. The second-order valence-electron chi connectivity index (χ2n) is 3.92. The molecule has 1 aliphatic rings. The number of rotatable bonds is 2. The van der Waals surface area contributed by atoms with Crippen LogP contribution in [0.3, 0.4) is 0 Å². The summed E-state index contributed by atoms with van der Waals surface area (Å²) in [6.07, 6.45) is 1.71. The lowest BCUT2D eigenvalue weighted by Gasteiger charge is -2.07. The molecule has 3 rings (SSSR count). The van der Waals surface area contributed by atoms with Gasteiger partial charge in [-0.25, -0.2) is 9.67 Å². The zero-order chi connectivity index (χ0) is 11.0. The van der Waals surface area contributed by atoms with E-state index in [1.807, 2.05) is 22.9 Å². The monoisotopic (exact) mass is 213 g/mol. The van der Waals surface area contributed by atoms with Gasteiger partial charge in [-0.1, -0.05) is 30.3 Å². The van der Waals surface area contributed by atoms with Crippen molar-refractivity contribution in [2.75, 3.05) is 0 Å². The van der Waals surface area contributed by atoms with Crippen LogP contribution in [-0.2, 0) is 6.54 Å². The van der Waals surface area contributed by atoms with Gasteiger partial charge in [-0.15, -0.1) is 5.10 Å². The molecule has 0 aliphatic carbocycles. The van der Waals surface area contributed by atoms with E-state index >= 15 is 0 Å². The van der Waals surface area contributed by atoms with E-state index in [1.165, 1.54) is 5.56 Å². The summed E-state index contributed by atoms with van der Waals surface area (Å²) in [5.41, 5.74) is 1.24. The number of hydrogen-bond donors (Lipinski definition) is 0. The van der Waals surface area contributed by atoms with E-state index in [0.717, 1.165) is 18.8 Å². The van der Waals surface area contributed by atoms with Crippen LogP contribution in [0, 0.1) is 0 Å². The third-order valence-corrected chi connectivity index (χ3v) is 2.97. The summed E-state index contributed by atoms with van der Waals surface area (Å²) in [4.78, 5) is 14.9. The second kappa shape index (κ2) is 3.56. The van der Waals surface area contributed by atoms with Crippen LogP contribution < -0.4 is 0 Å². The summed E-state index contributed by atoms with van der Waals surface area (Å²) < 4.78 is 1.83.